The maximum absolute atomic E-state index is 13.1. The summed E-state index contributed by atoms with van der Waals surface area (Å²) in [7, 11) is -7.65. The average molecular weight is 560 g/mol. The van der Waals surface area contributed by atoms with E-state index in [0.29, 0.717) is 5.56 Å². The van der Waals surface area contributed by atoms with Gasteiger partial charge in [0.25, 0.3) is 0 Å². The predicted octanol–water partition coefficient (Wildman–Crippen LogP) is 5.54. The third kappa shape index (κ3) is 5.84. The molecule has 0 unspecified atom stereocenters. The molecule has 4 aromatic rings. The van der Waals surface area contributed by atoms with E-state index in [1.165, 1.54) is 12.1 Å². The Bertz CT molecular complexity index is 1610. The zero-order valence-electron chi connectivity index (χ0n) is 19.3. The van der Waals surface area contributed by atoms with E-state index < -0.39 is 19.7 Å². The number of benzene rings is 3. The van der Waals surface area contributed by atoms with Crippen molar-refractivity contribution >= 4 is 53.5 Å². The largest absolute Gasteiger partial charge is 0.252 e. The highest BCUT2D eigenvalue weighted by Crippen LogP contribution is 2.34. The Labute approximate surface area is 219 Å². The fraction of sp³-hybridized carbons (Fsp3) is 0.120. The number of rotatable bonds is 8. The van der Waals surface area contributed by atoms with Crippen molar-refractivity contribution in [3.63, 3.8) is 0 Å². The highest BCUT2D eigenvalue weighted by atomic mass is 35.5. The van der Waals surface area contributed by atoms with Gasteiger partial charge in [-0.25, -0.2) is 21.8 Å². The van der Waals surface area contributed by atoms with Crippen LogP contribution in [0.25, 0.3) is 0 Å². The summed E-state index contributed by atoms with van der Waals surface area (Å²) in [5.41, 5.74) is 5.41. The Morgan fingerprint density at radius 1 is 0.861 bits per heavy atom. The number of thiazole rings is 1. The minimum Gasteiger partial charge on any atom is -0.252 e. The van der Waals surface area contributed by atoms with Crippen LogP contribution in [0.15, 0.2) is 98.8 Å². The Balaban J connectivity index is 1.65. The smallest absolute Gasteiger partial charge is 0.226 e. The number of hydrogen-bond acceptors (Lipinski definition) is 8. The third-order valence-corrected chi connectivity index (χ3v) is 9.99. The van der Waals surface area contributed by atoms with Gasteiger partial charge in [-0.05, 0) is 43.7 Å². The van der Waals surface area contributed by atoms with E-state index in [1.54, 1.807) is 60.7 Å². The van der Waals surface area contributed by atoms with Crippen molar-refractivity contribution in [2.45, 2.75) is 28.7 Å². The number of anilines is 1. The average Bonchev–Trinajstić information content (AvgIpc) is 3.24. The van der Waals surface area contributed by atoms with Gasteiger partial charge in [0.15, 0.2) is 14.9 Å². The number of sulfone groups is 2. The number of hydrogen-bond donors (Lipinski definition) is 1. The lowest BCUT2D eigenvalue weighted by Crippen LogP contribution is -2.19. The number of halogens is 1. The van der Waals surface area contributed by atoms with Gasteiger partial charge < -0.3 is 0 Å². The molecule has 0 saturated carbocycles. The maximum Gasteiger partial charge on any atom is 0.226 e. The summed E-state index contributed by atoms with van der Waals surface area (Å²) in [4.78, 5) is 4.40. The molecule has 36 heavy (non-hydrogen) atoms. The van der Waals surface area contributed by atoms with E-state index >= 15 is 0 Å². The molecule has 0 fully saturated rings. The van der Waals surface area contributed by atoms with Crippen LogP contribution in [0.5, 0.6) is 0 Å². The standard InChI is InChI=1S/C25H22ClN3O4S3/c1-17-8-12-20(13-9-17)35(30,31)16-22(19-6-4-3-5-7-19)28-29-25-27-24(23(26)34-25)36(32,33)21-14-10-18(2)11-15-21/h3-15H,16H2,1-2H3,(H,27,29)/b28-22+. The summed E-state index contributed by atoms with van der Waals surface area (Å²) < 4.78 is 52.2. The van der Waals surface area contributed by atoms with Crippen molar-refractivity contribution in [3.05, 3.63) is 99.9 Å². The van der Waals surface area contributed by atoms with E-state index in [2.05, 4.69) is 15.5 Å². The molecule has 1 aromatic heterocycles. The highest BCUT2D eigenvalue weighted by Gasteiger charge is 2.26. The Kier molecular flexibility index (Phi) is 7.60. The van der Waals surface area contributed by atoms with Crippen LogP contribution in [-0.4, -0.2) is 33.3 Å². The van der Waals surface area contributed by atoms with Crippen LogP contribution in [0.3, 0.4) is 0 Å². The minimum absolute atomic E-state index is 0.0261. The molecule has 7 nitrogen and oxygen atoms in total. The van der Waals surface area contributed by atoms with E-state index in [0.717, 1.165) is 22.5 Å². The van der Waals surface area contributed by atoms with Crippen LogP contribution in [0.4, 0.5) is 5.13 Å². The predicted molar refractivity (Wildman–Crippen MR) is 144 cm³/mol. The van der Waals surface area contributed by atoms with E-state index in [-0.39, 0.29) is 35.7 Å². The lowest BCUT2D eigenvalue weighted by atomic mass is 10.1. The SMILES string of the molecule is Cc1ccc(S(=O)(=O)C/C(=N\Nc2nc(S(=O)(=O)c3ccc(C)cc3)c(Cl)s2)c2ccccc2)cc1. The van der Waals surface area contributed by atoms with Gasteiger partial charge in [-0.1, -0.05) is 88.7 Å². The first kappa shape index (κ1) is 26.0. The molecule has 186 valence electrons. The first-order chi connectivity index (χ1) is 17.1. The molecule has 0 radical (unpaired) electrons. The third-order valence-electron chi connectivity index (χ3n) is 5.24. The molecular formula is C25H22ClN3O4S3. The summed E-state index contributed by atoms with van der Waals surface area (Å²) in [5, 5.41) is 4.12. The highest BCUT2D eigenvalue weighted by molar-refractivity contribution is 7.92. The number of nitrogens with one attached hydrogen (secondary N) is 1. The first-order valence-electron chi connectivity index (χ1n) is 10.7. The summed E-state index contributed by atoms with van der Waals surface area (Å²) in [5.74, 6) is -0.374. The van der Waals surface area contributed by atoms with Crippen LogP contribution in [-0.2, 0) is 19.7 Å². The summed E-state index contributed by atoms with van der Waals surface area (Å²) in [6.07, 6.45) is 0. The molecule has 1 heterocycles. The first-order valence-corrected chi connectivity index (χ1v) is 15.0. The second kappa shape index (κ2) is 10.5. The van der Waals surface area contributed by atoms with Crippen molar-refractivity contribution in [2.24, 2.45) is 5.10 Å². The summed E-state index contributed by atoms with van der Waals surface area (Å²) >= 11 is 7.13. The van der Waals surface area contributed by atoms with E-state index in [9.17, 15) is 16.8 Å². The van der Waals surface area contributed by atoms with Crippen molar-refractivity contribution in [1.82, 2.24) is 4.98 Å². The molecule has 0 saturated heterocycles. The molecule has 1 N–H and O–H groups in total. The normalized spacial score (nSPS) is 12.5. The van der Waals surface area contributed by atoms with Crippen LogP contribution >= 0.6 is 22.9 Å². The summed E-state index contributed by atoms with van der Waals surface area (Å²) in [6.45, 7) is 3.74. The molecular weight excluding hydrogens is 538 g/mol. The van der Waals surface area contributed by atoms with Gasteiger partial charge in [0.05, 0.1) is 21.3 Å². The van der Waals surface area contributed by atoms with Crippen LogP contribution in [0.1, 0.15) is 16.7 Å². The molecule has 0 aliphatic heterocycles. The Hall–Kier alpha value is -3.05. The Morgan fingerprint density at radius 2 is 1.42 bits per heavy atom. The second-order valence-corrected chi connectivity index (χ2v) is 13.5. The van der Waals surface area contributed by atoms with E-state index in [1.807, 2.05) is 19.9 Å². The van der Waals surface area contributed by atoms with E-state index in [4.69, 9.17) is 11.6 Å². The molecule has 0 atom stereocenters. The zero-order valence-corrected chi connectivity index (χ0v) is 22.5. The molecule has 11 heteroatoms. The second-order valence-electron chi connectivity index (χ2n) is 8.02. The molecule has 0 aliphatic rings. The maximum atomic E-state index is 13.1. The quantitative estimate of drug-likeness (QED) is 0.224. The van der Waals surface area contributed by atoms with Gasteiger partial charge >= 0.3 is 0 Å². The number of aryl methyl sites for hydroxylation is 2. The van der Waals surface area contributed by atoms with Gasteiger partial charge in [0.2, 0.25) is 15.0 Å². The molecule has 4 rings (SSSR count). The minimum atomic E-state index is -3.94. The fourth-order valence-corrected chi connectivity index (χ4v) is 7.32. The monoisotopic (exact) mass is 559 g/mol. The zero-order chi connectivity index (χ0) is 25.9. The van der Waals surface area contributed by atoms with Gasteiger partial charge in [0, 0.05) is 0 Å². The molecule has 0 bridgehead atoms. The van der Waals surface area contributed by atoms with Crippen LogP contribution in [0, 0.1) is 13.8 Å². The van der Waals surface area contributed by atoms with Gasteiger partial charge in [-0.15, -0.1) is 0 Å². The molecule has 0 aliphatic carbocycles. The van der Waals surface area contributed by atoms with Crippen molar-refractivity contribution in [1.29, 1.82) is 0 Å². The fourth-order valence-electron chi connectivity index (χ4n) is 3.27. The van der Waals surface area contributed by atoms with Crippen LogP contribution in [0.2, 0.25) is 4.34 Å². The number of nitrogens with zero attached hydrogens (tertiary/aromatic N) is 2. The van der Waals surface area contributed by atoms with Gasteiger partial charge in [-0.3, -0.25) is 5.43 Å². The van der Waals surface area contributed by atoms with Crippen molar-refractivity contribution in [2.75, 3.05) is 11.2 Å². The van der Waals surface area contributed by atoms with Crippen molar-refractivity contribution < 1.29 is 16.8 Å². The summed E-state index contributed by atoms with van der Waals surface area (Å²) in [6, 6.07) is 21.8. The lowest BCUT2D eigenvalue weighted by Gasteiger charge is -2.09. The van der Waals surface area contributed by atoms with Crippen LogP contribution < -0.4 is 5.43 Å². The topological polar surface area (TPSA) is 106 Å². The Morgan fingerprint density at radius 3 is 2.00 bits per heavy atom. The van der Waals surface area contributed by atoms with Gasteiger partial charge in [-0.2, -0.15) is 5.10 Å². The van der Waals surface area contributed by atoms with Gasteiger partial charge in [0.1, 0.15) is 4.34 Å². The molecule has 3 aromatic carbocycles. The molecule has 0 spiro atoms. The lowest BCUT2D eigenvalue weighted by molar-refractivity contribution is 0.593. The van der Waals surface area contributed by atoms with Crippen molar-refractivity contribution in [3.8, 4) is 0 Å². The number of hydrazone groups is 1. The number of aromatic nitrogens is 1. The molecule has 0 amide bonds.